The smallest absolute Gasteiger partial charge is 0.347 e. The average Bonchev–Trinajstić information content (AvgIpc) is 2.41. The number of benzene rings is 1. The quantitative estimate of drug-likeness (QED) is 0.378. The van der Waals surface area contributed by atoms with Gasteiger partial charge in [-0.05, 0) is 32.0 Å². The Labute approximate surface area is 126 Å². The third-order valence-electron chi connectivity index (χ3n) is 2.29. The molecule has 0 radical (unpaired) electrons. The predicted molar refractivity (Wildman–Crippen MR) is 76.4 cm³/mol. The molecule has 1 aromatic rings. The van der Waals surface area contributed by atoms with E-state index in [4.69, 9.17) is 21.1 Å². The van der Waals surface area contributed by atoms with E-state index in [-0.39, 0.29) is 29.5 Å². The summed E-state index contributed by atoms with van der Waals surface area (Å²) in [6.07, 6.45) is 1.04. The van der Waals surface area contributed by atoms with Gasteiger partial charge in [0.1, 0.15) is 5.82 Å². The van der Waals surface area contributed by atoms with Crippen molar-refractivity contribution in [2.75, 3.05) is 18.5 Å². The van der Waals surface area contributed by atoms with Crippen molar-refractivity contribution in [3.8, 4) is 0 Å². The van der Waals surface area contributed by atoms with Gasteiger partial charge in [-0.1, -0.05) is 11.6 Å². The van der Waals surface area contributed by atoms with Crippen LogP contribution in [0, 0.1) is 5.82 Å². The zero-order chi connectivity index (χ0) is 15.8. The number of carbonyl (C=O) groups excluding carboxylic acids is 2. The highest BCUT2D eigenvalue weighted by atomic mass is 35.5. The first-order valence-electron chi connectivity index (χ1n) is 6.25. The minimum Gasteiger partial charge on any atom is -0.462 e. The van der Waals surface area contributed by atoms with Gasteiger partial charge in [-0.25, -0.2) is 14.0 Å². The molecule has 5 nitrogen and oxygen atoms in total. The number of carbonyl (C=O) groups is 2. The summed E-state index contributed by atoms with van der Waals surface area (Å²) in [6.45, 7) is 3.41. The maximum atomic E-state index is 13.6. The van der Waals surface area contributed by atoms with Crippen molar-refractivity contribution in [2.45, 2.75) is 13.8 Å². The van der Waals surface area contributed by atoms with Crippen LogP contribution in [-0.2, 0) is 19.1 Å². The number of halogens is 2. The summed E-state index contributed by atoms with van der Waals surface area (Å²) < 4.78 is 23.1. The van der Waals surface area contributed by atoms with E-state index in [2.05, 4.69) is 5.32 Å². The SMILES string of the molecule is CCOC(=O)C(=CNc1ccc(Cl)cc1F)C(=O)OCC. The van der Waals surface area contributed by atoms with Crippen LogP contribution in [-0.4, -0.2) is 25.2 Å². The van der Waals surface area contributed by atoms with Crippen LogP contribution in [0.2, 0.25) is 5.02 Å². The second-order valence-corrected chi connectivity index (χ2v) is 4.20. The molecule has 1 N–H and O–H groups in total. The van der Waals surface area contributed by atoms with Crippen molar-refractivity contribution in [1.29, 1.82) is 0 Å². The number of ether oxygens (including phenoxy) is 2. The lowest BCUT2D eigenvalue weighted by atomic mass is 10.2. The van der Waals surface area contributed by atoms with E-state index < -0.39 is 17.8 Å². The third-order valence-corrected chi connectivity index (χ3v) is 2.53. The summed E-state index contributed by atoms with van der Waals surface area (Å²) in [5.74, 6) is -2.32. The fourth-order valence-electron chi connectivity index (χ4n) is 1.38. The highest BCUT2D eigenvalue weighted by Gasteiger charge is 2.21. The number of esters is 2. The topological polar surface area (TPSA) is 64.6 Å². The first-order valence-corrected chi connectivity index (χ1v) is 6.63. The molecule has 21 heavy (non-hydrogen) atoms. The van der Waals surface area contributed by atoms with Gasteiger partial charge in [-0.3, -0.25) is 0 Å². The van der Waals surface area contributed by atoms with Crippen LogP contribution in [0.3, 0.4) is 0 Å². The van der Waals surface area contributed by atoms with Gasteiger partial charge in [-0.15, -0.1) is 0 Å². The molecule has 0 saturated heterocycles. The van der Waals surface area contributed by atoms with E-state index in [0.717, 1.165) is 12.3 Å². The fourth-order valence-corrected chi connectivity index (χ4v) is 1.53. The Hall–Kier alpha value is -2.08. The molecule has 1 aromatic carbocycles. The molecule has 0 spiro atoms. The van der Waals surface area contributed by atoms with Crippen LogP contribution in [0.15, 0.2) is 30.0 Å². The van der Waals surface area contributed by atoms with Crippen LogP contribution >= 0.6 is 11.6 Å². The highest BCUT2D eigenvalue weighted by molar-refractivity contribution is 6.30. The molecular formula is C14H15ClFNO4. The number of hydrogen-bond donors (Lipinski definition) is 1. The van der Waals surface area contributed by atoms with Crippen LogP contribution < -0.4 is 5.32 Å². The molecule has 0 aliphatic heterocycles. The van der Waals surface area contributed by atoms with E-state index in [0.29, 0.717) is 0 Å². The zero-order valence-corrected chi connectivity index (χ0v) is 12.4. The summed E-state index contributed by atoms with van der Waals surface area (Å²) in [4.78, 5) is 23.3. The van der Waals surface area contributed by atoms with Crippen LogP contribution in [0.25, 0.3) is 0 Å². The summed E-state index contributed by atoms with van der Waals surface area (Å²) in [5.41, 5.74) is -0.293. The van der Waals surface area contributed by atoms with Gasteiger partial charge in [0, 0.05) is 11.2 Å². The van der Waals surface area contributed by atoms with Gasteiger partial charge in [0.2, 0.25) is 0 Å². The van der Waals surface area contributed by atoms with Crippen molar-refractivity contribution in [3.05, 3.63) is 40.8 Å². The lowest BCUT2D eigenvalue weighted by molar-refractivity contribution is -0.146. The van der Waals surface area contributed by atoms with Crippen molar-refractivity contribution in [2.24, 2.45) is 0 Å². The normalized spacial score (nSPS) is 9.71. The van der Waals surface area contributed by atoms with Crippen molar-refractivity contribution in [1.82, 2.24) is 0 Å². The van der Waals surface area contributed by atoms with E-state index in [1.165, 1.54) is 12.1 Å². The molecule has 7 heteroatoms. The van der Waals surface area contributed by atoms with E-state index in [1.807, 2.05) is 0 Å². The first-order chi connectivity index (χ1) is 9.99. The molecule has 114 valence electrons. The second kappa shape index (κ2) is 8.26. The molecule has 1 rings (SSSR count). The Morgan fingerprint density at radius 2 is 1.81 bits per heavy atom. The lowest BCUT2D eigenvalue weighted by Gasteiger charge is -2.08. The molecule has 0 aliphatic rings. The Morgan fingerprint density at radius 3 is 2.29 bits per heavy atom. The monoisotopic (exact) mass is 315 g/mol. The van der Waals surface area contributed by atoms with Gasteiger partial charge in [0.05, 0.1) is 18.9 Å². The van der Waals surface area contributed by atoms with Crippen LogP contribution in [0.4, 0.5) is 10.1 Å². The largest absolute Gasteiger partial charge is 0.462 e. The maximum absolute atomic E-state index is 13.6. The molecule has 0 fully saturated rings. The molecule has 0 aromatic heterocycles. The maximum Gasteiger partial charge on any atom is 0.347 e. The van der Waals surface area contributed by atoms with E-state index in [9.17, 15) is 14.0 Å². The number of nitrogens with one attached hydrogen (secondary N) is 1. The lowest BCUT2D eigenvalue weighted by Crippen LogP contribution is -2.19. The number of rotatable bonds is 6. The number of hydrogen-bond acceptors (Lipinski definition) is 5. The van der Waals surface area contributed by atoms with Crippen LogP contribution in [0.5, 0.6) is 0 Å². The molecule has 0 saturated carbocycles. The minimum absolute atomic E-state index is 0.0606. The predicted octanol–water partition coefficient (Wildman–Crippen LogP) is 2.90. The molecule has 0 aliphatic carbocycles. The molecule has 0 atom stereocenters. The van der Waals surface area contributed by atoms with Crippen molar-refractivity contribution < 1.29 is 23.5 Å². The fraction of sp³-hybridized carbons (Fsp3) is 0.286. The Balaban J connectivity index is 2.96. The minimum atomic E-state index is -0.849. The zero-order valence-electron chi connectivity index (χ0n) is 11.6. The molecule has 0 amide bonds. The molecule has 0 bridgehead atoms. The number of anilines is 1. The third kappa shape index (κ3) is 5.07. The van der Waals surface area contributed by atoms with Gasteiger partial charge >= 0.3 is 11.9 Å². The van der Waals surface area contributed by atoms with Crippen molar-refractivity contribution in [3.63, 3.8) is 0 Å². The standard InChI is InChI=1S/C14H15ClFNO4/c1-3-20-13(18)10(14(19)21-4-2)8-17-12-6-5-9(15)7-11(12)16/h5-8,17H,3-4H2,1-2H3. The second-order valence-electron chi connectivity index (χ2n) is 3.77. The van der Waals surface area contributed by atoms with E-state index in [1.54, 1.807) is 13.8 Å². The Morgan fingerprint density at radius 1 is 1.24 bits per heavy atom. The highest BCUT2D eigenvalue weighted by Crippen LogP contribution is 2.19. The summed E-state index contributed by atoms with van der Waals surface area (Å²) in [5, 5.41) is 2.76. The van der Waals surface area contributed by atoms with Crippen molar-refractivity contribution >= 4 is 29.2 Å². The Kier molecular flexibility index (Phi) is 6.68. The van der Waals surface area contributed by atoms with Crippen LogP contribution in [0.1, 0.15) is 13.8 Å². The molecule has 0 heterocycles. The summed E-state index contributed by atoms with van der Waals surface area (Å²) in [7, 11) is 0. The average molecular weight is 316 g/mol. The van der Waals surface area contributed by atoms with Gasteiger partial charge in [0.15, 0.2) is 5.57 Å². The molecular weight excluding hydrogens is 301 g/mol. The summed E-state index contributed by atoms with van der Waals surface area (Å²) >= 11 is 5.63. The Bertz CT molecular complexity index is 540. The first kappa shape index (κ1) is 17.0. The van der Waals surface area contributed by atoms with Gasteiger partial charge in [-0.2, -0.15) is 0 Å². The van der Waals surface area contributed by atoms with Gasteiger partial charge < -0.3 is 14.8 Å². The van der Waals surface area contributed by atoms with Gasteiger partial charge in [0.25, 0.3) is 0 Å². The summed E-state index contributed by atoms with van der Waals surface area (Å²) in [6, 6.07) is 3.95. The molecule has 0 unspecified atom stereocenters. The van der Waals surface area contributed by atoms with E-state index >= 15 is 0 Å².